The zero-order chi connectivity index (χ0) is 13.4. The summed E-state index contributed by atoms with van der Waals surface area (Å²) in [5.74, 6) is 1.47. The Kier molecular flexibility index (Phi) is 6.05. The molecule has 0 aliphatic rings. The van der Waals surface area contributed by atoms with E-state index in [0.29, 0.717) is 26.0 Å². The first-order valence-corrected chi connectivity index (χ1v) is 6.12. The Hall–Kier alpha value is -1.71. The van der Waals surface area contributed by atoms with Crippen LogP contribution in [-0.4, -0.2) is 25.7 Å². The van der Waals surface area contributed by atoms with E-state index in [0.717, 1.165) is 17.1 Å². The third-order valence-electron chi connectivity index (χ3n) is 2.39. The van der Waals surface area contributed by atoms with Crippen molar-refractivity contribution in [2.75, 3.05) is 13.2 Å². The van der Waals surface area contributed by atoms with Crippen LogP contribution in [0.25, 0.3) is 0 Å². The van der Waals surface area contributed by atoms with E-state index in [2.05, 4.69) is 12.2 Å². The Morgan fingerprint density at radius 2 is 1.94 bits per heavy atom. The highest BCUT2D eigenvalue weighted by Gasteiger charge is 2.08. The van der Waals surface area contributed by atoms with Gasteiger partial charge in [-0.3, -0.25) is 4.79 Å². The average Bonchev–Trinajstić information content (AvgIpc) is 2.33. The second-order valence-electron chi connectivity index (χ2n) is 3.83. The molecule has 1 unspecified atom stereocenters. The lowest BCUT2D eigenvalue weighted by Gasteiger charge is -2.14. The molecule has 1 radical (unpaired) electrons. The fourth-order valence-corrected chi connectivity index (χ4v) is 1.66. The van der Waals surface area contributed by atoms with Crippen molar-refractivity contribution in [2.24, 2.45) is 0 Å². The molecule has 0 fully saturated rings. The van der Waals surface area contributed by atoms with Gasteiger partial charge in [-0.05, 0) is 44.9 Å². The van der Waals surface area contributed by atoms with Gasteiger partial charge in [-0.2, -0.15) is 0 Å². The molecule has 1 aromatic rings. The zero-order valence-electron chi connectivity index (χ0n) is 10.9. The number of benzene rings is 1. The van der Waals surface area contributed by atoms with E-state index in [9.17, 15) is 4.79 Å². The molecule has 1 N–H and O–H groups in total. The van der Waals surface area contributed by atoms with Crippen LogP contribution in [0.4, 0.5) is 0 Å². The van der Waals surface area contributed by atoms with Crippen molar-refractivity contribution in [3.05, 3.63) is 30.7 Å². The van der Waals surface area contributed by atoms with E-state index in [4.69, 9.17) is 9.47 Å². The molecule has 1 atom stereocenters. The lowest BCUT2D eigenvalue weighted by Crippen LogP contribution is -2.26. The van der Waals surface area contributed by atoms with Crippen LogP contribution in [0.2, 0.25) is 0 Å². The number of hydrogen-bond acceptors (Lipinski definition) is 3. The SMILES string of the molecule is [CH2]C(Cc1ccc(OCC)c(OCC)c1)NC=O. The Bertz CT molecular complexity index is 379. The smallest absolute Gasteiger partial charge is 0.207 e. The minimum atomic E-state index is -0.144. The predicted octanol–water partition coefficient (Wildman–Crippen LogP) is 1.98. The molecule has 0 saturated carbocycles. The molecule has 0 saturated heterocycles. The third-order valence-corrected chi connectivity index (χ3v) is 2.39. The number of ether oxygens (including phenoxy) is 2. The Morgan fingerprint density at radius 3 is 2.56 bits per heavy atom. The van der Waals surface area contributed by atoms with Crippen LogP contribution in [0.3, 0.4) is 0 Å². The lowest BCUT2D eigenvalue weighted by molar-refractivity contribution is -0.109. The molecule has 1 aromatic carbocycles. The van der Waals surface area contributed by atoms with Gasteiger partial charge in [-0.1, -0.05) is 6.07 Å². The van der Waals surface area contributed by atoms with Gasteiger partial charge in [0, 0.05) is 6.04 Å². The Balaban J connectivity index is 2.81. The maximum Gasteiger partial charge on any atom is 0.207 e. The summed E-state index contributed by atoms with van der Waals surface area (Å²) in [7, 11) is 0. The molecule has 0 aliphatic carbocycles. The monoisotopic (exact) mass is 250 g/mol. The fourth-order valence-electron chi connectivity index (χ4n) is 1.66. The molecule has 0 bridgehead atoms. The predicted molar refractivity (Wildman–Crippen MR) is 70.8 cm³/mol. The molecule has 0 heterocycles. The minimum Gasteiger partial charge on any atom is -0.490 e. The Morgan fingerprint density at radius 1 is 1.28 bits per heavy atom. The van der Waals surface area contributed by atoms with E-state index < -0.39 is 0 Å². The normalized spacial score (nSPS) is 11.7. The lowest BCUT2D eigenvalue weighted by atomic mass is 10.1. The molecule has 1 amide bonds. The highest BCUT2D eigenvalue weighted by atomic mass is 16.5. The van der Waals surface area contributed by atoms with E-state index in [1.54, 1.807) is 0 Å². The molecule has 0 spiro atoms. The van der Waals surface area contributed by atoms with Gasteiger partial charge in [0.1, 0.15) is 0 Å². The molecule has 99 valence electrons. The number of carbonyl (C=O) groups is 1. The molecular weight excluding hydrogens is 230 g/mol. The van der Waals surface area contributed by atoms with E-state index in [1.807, 2.05) is 32.0 Å². The number of nitrogens with one attached hydrogen (secondary N) is 1. The van der Waals surface area contributed by atoms with Crippen molar-refractivity contribution >= 4 is 6.41 Å². The van der Waals surface area contributed by atoms with Gasteiger partial charge in [0.25, 0.3) is 0 Å². The third kappa shape index (κ3) is 4.28. The van der Waals surface area contributed by atoms with Gasteiger partial charge in [0.15, 0.2) is 11.5 Å². The van der Waals surface area contributed by atoms with Crippen molar-refractivity contribution in [1.82, 2.24) is 5.32 Å². The van der Waals surface area contributed by atoms with Crippen molar-refractivity contribution < 1.29 is 14.3 Å². The number of hydrogen-bond donors (Lipinski definition) is 1. The maximum absolute atomic E-state index is 10.3. The van der Waals surface area contributed by atoms with Crippen molar-refractivity contribution in [2.45, 2.75) is 26.3 Å². The first kappa shape index (κ1) is 14.4. The van der Waals surface area contributed by atoms with Crippen LogP contribution >= 0.6 is 0 Å². The molecule has 0 aliphatic heterocycles. The average molecular weight is 250 g/mol. The number of carbonyl (C=O) groups excluding carboxylic acids is 1. The molecule has 4 heteroatoms. The summed E-state index contributed by atoms with van der Waals surface area (Å²) in [6.07, 6.45) is 1.32. The molecule has 0 aromatic heterocycles. The van der Waals surface area contributed by atoms with Crippen molar-refractivity contribution in [3.63, 3.8) is 0 Å². The van der Waals surface area contributed by atoms with Crippen molar-refractivity contribution in [3.8, 4) is 11.5 Å². The molecule has 1 rings (SSSR count). The van der Waals surface area contributed by atoms with Crippen LogP contribution in [0.1, 0.15) is 19.4 Å². The van der Waals surface area contributed by atoms with Gasteiger partial charge in [0.2, 0.25) is 6.41 Å². The van der Waals surface area contributed by atoms with Crippen LogP contribution in [0.15, 0.2) is 18.2 Å². The second kappa shape index (κ2) is 7.58. The maximum atomic E-state index is 10.3. The molecule has 18 heavy (non-hydrogen) atoms. The van der Waals surface area contributed by atoms with Crippen LogP contribution in [-0.2, 0) is 11.2 Å². The quantitative estimate of drug-likeness (QED) is 0.718. The zero-order valence-corrected chi connectivity index (χ0v) is 10.9. The van der Waals surface area contributed by atoms with Gasteiger partial charge < -0.3 is 14.8 Å². The summed E-state index contributed by atoms with van der Waals surface area (Å²) in [6.45, 7) is 8.90. The molecule has 4 nitrogen and oxygen atoms in total. The summed E-state index contributed by atoms with van der Waals surface area (Å²) in [6, 6.07) is 5.63. The highest BCUT2D eigenvalue weighted by Crippen LogP contribution is 2.28. The topological polar surface area (TPSA) is 47.6 Å². The number of rotatable bonds is 8. The highest BCUT2D eigenvalue weighted by molar-refractivity contribution is 5.47. The largest absolute Gasteiger partial charge is 0.490 e. The van der Waals surface area contributed by atoms with E-state index in [-0.39, 0.29) is 6.04 Å². The van der Waals surface area contributed by atoms with E-state index in [1.165, 1.54) is 0 Å². The first-order chi connectivity index (χ1) is 8.71. The van der Waals surface area contributed by atoms with Crippen LogP contribution in [0.5, 0.6) is 11.5 Å². The summed E-state index contributed by atoms with van der Waals surface area (Å²) >= 11 is 0. The van der Waals surface area contributed by atoms with Crippen LogP contribution < -0.4 is 14.8 Å². The minimum absolute atomic E-state index is 0.144. The van der Waals surface area contributed by atoms with Gasteiger partial charge in [-0.15, -0.1) is 0 Å². The summed E-state index contributed by atoms with van der Waals surface area (Å²) < 4.78 is 11.0. The van der Waals surface area contributed by atoms with E-state index >= 15 is 0 Å². The second-order valence-corrected chi connectivity index (χ2v) is 3.83. The standard InChI is InChI=1S/C14H20NO3/c1-4-17-13-7-6-12(8-11(3)15-10-16)9-14(13)18-5-2/h6-7,9-11H,3-5,8H2,1-2H3,(H,15,16). The fraction of sp³-hybridized carbons (Fsp3) is 0.429. The number of amides is 1. The van der Waals surface area contributed by atoms with Crippen molar-refractivity contribution in [1.29, 1.82) is 0 Å². The first-order valence-electron chi connectivity index (χ1n) is 6.12. The summed E-state index contributed by atoms with van der Waals surface area (Å²) in [5.41, 5.74) is 1.05. The summed E-state index contributed by atoms with van der Waals surface area (Å²) in [5, 5.41) is 2.62. The van der Waals surface area contributed by atoms with Gasteiger partial charge in [0.05, 0.1) is 13.2 Å². The molecular formula is C14H20NO3. The van der Waals surface area contributed by atoms with Crippen LogP contribution in [0, 0.1) is 6.92 Å². The Labute approximate surface area is 108 Å². The van der Waals surface area contributed by atoms with Gasteiger partial charge in [-0.25, -0.2) is 0 Å². The van der Waals surface area contributed by atoms with Gasteiger partial charge >= 0.3 is 0 Å². The summed E-state index contributed by atoms with van der Waals surface area (Å²) in [4.78, 5) is 10.3.